The van der Waals surface area contributed by atoms with Crippen LogP contribution in [0.3, 0.4) is 0 Å². The second-order valence-corrected chi connectivity index (χ2v) is 6.52. The zero-order valence-electron chi connectivity index (χ0n) is 11.1. The molecule has 0 spiro atoms. The molecule has 0 atom stereocenters. The number of rotatable bonds is 7. The Morgan fingerprint density at radius 3 is 2.74 bits per heavy atom. The van der Waals surface area contributed by atoms with Gasteiger partial charge < -0.3 is 10.1 Å². The van der Waals surface area contributed by atoms with Crippen LogP contribution in [0, 0.1) is 11.3 Å². The Kier molecular flexibility index (Phi) is 5.64. The molecule has 0 radical (unpaired) electrons. The second kappa shape index (κ2) is 7.00. The molecule has 19 heavy (non-hydrogen) atoms. The lowest BCUT2D eigenvalue weighted by molar-refractivity contribution is 0.416. The van der Waals surface area contributed by atoms with E-state index in [0.29, 0.717) is 24.3 Å². The molecule has 1 aromatic rings. The SMILES string of the molecule is CCS(=O)(=O)CCCNc1ccc(C#N)cc1OC. The minimum Gasteiger partial charge on any atom is -0.495 e. The Balaban J connectivity index is 2.57. The van der Waals surface area contributed by atoms with Crippen LogP contribution in [-0.4, -0.2) is 33.6 Å². The molecule has 0 aliphatic rings. The van der Waals surface area contributed by atoms with Crippen LogP contribution in [0.4, 0.5) is 5.69 Å². The van der Waals surface area contributed by atoms with Gasteiger partial charge in [0.1, 0.15) is 15.6 Å². The maximum absolute atomic E-state index is 11.3. The number of nitrogens with one attached hydrogen (secondary N) is 1. The van der Waals surface area contributed by atoms with Crippen molar-refractivity contribution in [3.63, 3.8) is 0 Å². The predicted molar refractivity (Wildman–Crippen MR) is 75.1 cm³/mol. The highest BCUT2D eigenvalue weighted by atomic mass is 32.2. The lowest BCUT2D eigenvalue weighted by atomic mass is 10.2. The normalized spacial score (nSPS) is 10.8. The Bertz CT molecular complexity index is 562. The number of methoxy groups -OCH3 is 1. The van der Waals surface area contributed by atoms with E-state index < -0.39 is 9.84 Å². The van der Waals surface area contributed by atoms with Crippen molar-refractivity contribution in [3.05, 3.63) is 23.8 Å². The fourth-order valence-electron chi connectivity index (χ4n) is 1.57. The lowest BCUT2D eigenvalue weighted by Gasteiger charge is -2.11. The van der Waals surface area contributed by atoms with Crippen LogP contribution in [-0.2, 0) is 9.84 Å². The third-order valence-corrected chi connectivity index (χ3v) is 4.51. The highest BCUT2D eigenvalue weighted by molar-refractivity contribution is 7.91. The zero-order chi connectivity index (χ0) is 14.3. The molecule has 0 fully saturated rings. The molecule has 0 bridgehead atoms. The number of ether oxygens (including phenoxy) is 1. The minimum atomic E-state index is -2.91. The van der Waals surface area contributed by atoms with Gasteiger partial charge in [0.05, 0.1) is 30.2 Å². The van der Waals surface area contributed by atoms with E-state index in [4.69, 9.17) is 10.00 Å². The predicted octanol–water partition coefficient (Wildman–Crippen LogP) is 1.80. The molecular formula is C13H18N2O3S. The second-order valence-electron chi connectivity index (χ2n) is 4.04. The van der Waals surface area contributed by atoms with Gasteiger partial charge in [-0.05, 0) is 18.6 Å². The van der Waals surface area contributed by atoms with E-state index >= 15 is 0 Å². The molecule has 0 heterocycles. The molecule has 0 aromatic heterocycles. The van der Waals surface area contributed by atoms with Gasteiger partial charge in [-0.2, -0.15) is 5.26 Å². The zero-order valence-corrected chi connectivity index (χ0v) is 12.0. The summed E-state index contributed by atoms with van der Waals surface area (Å²) in [5.74, 6) is 0.930. The summed E-state index contributed by atoms with van der Waals surface area (Å²) in [6, 6.07) is 7.12. The number of nitrogens with zero attached hydrogens (tertiary/aromatic N) is 1. The quantitative estimate of drug-likeness (QED) is 0.771. The van der Waals surface area contributed by atoms with E-state index in [1.807, 2.05) is 6.07 Å². The number of nitriles is 1. The minimum absolute atomic E-state index is 0.174. The van der Waals surface area contributed by atoms with Gasteiger partial charge in [-0.15, -0.1) is 0 Å². The van der Waals surface area contributed by atoms with Crippen LogP contribution < -0.4 is 10.1 Å². The molecule has 0 saturated carbocycles. The maximum atomic E-state index is 11.3. The van der Waals surface area contributed by atoms with Crippen LogP contribution in [0.2, 0.25) is 0 Å². The smallest absolute Gasteiger partial charge is 0.150 e. The number of sulfone groups is 1. The standard InChI is InChI=1S/C13H18N2O3S/c1-3-19(16,17)8-4-7-15-12-6-5-11(10-14)9-13(12)18-2/h5-6,9,15H,3-4,7-8H2,1-2H3. The topological polar surface area (TPSA) is 79.2 Å². The molecule has 5 nitrogen and oxygen atoms in total. The van der Waals surface area contributed by atoms with Gasteiger partial charge in [0, 0.05) is 18.4 Å². The largest absolute Gasteiger partial charge is 0.495 e. The maximum Gasteiger partial charge on any atom is 0.150 e. The van der Waals surface area contributed by atoms with Crippen molar-refractivity contribution in [2.24, 2.45) is 0 Å². The first-order valence-electron chi connectivity index (χ1n) is 6.05. The first-order chi connectivity index (χ1) is 9.02. The number of anilines is 1. The Morgan fingerprint density at radius 2 is 2.16 bits per heavy atom. The summed E-state index contributed by atoms with van der Waals surface area (Å²) in [7, 11) is -1.38. The summed E-state index contributed by atoms with van der Waals surface area (Å²) in [4.78, 5) is 0. The van der Waals surface area contributed by atoms with E-state index in [2.05, 4.69) is 5.32 Å². The third kappa shape index (κ3) is 4.79. The number of benzene rings is 1. The highest BCUT2D eigenvalue weighted by Gasteiger charge is 2.07. The number of hydrogen-bond acceptors (Lipinski definition) is 5. The Hall–Kier alpha value is -1.74. The summed E-state index contributed by atoms with van der Waals surface area (Å²) >= 11 is 0. The molecule has 1 N–H and O–H groups in total. The Morgan fingerprint density at radius 1 is 1.42 bits per heavy atom. The van der Waals surface area contributed by atoms with E-state index in [-0.39, 0.29) is 11.5 Å². The molecular weight excluding hydrogens is 264 g/mol. The molecule has 1 aromatic carbocycles. The van der Waals surface area contributed by atoms with Crippen LogP contribution >= 0.6 is 0 Å². The summed E-state index contributed by atoms with van der Waals surface area (Å²) < 4.78 is 27.8. The molecule has 0 saturated heterocycles. The fraction of sp³-hybridized carbons (Fsp3) is 0.462. The summed E-state index contributed by atoms with van der Waals surface area (Å²) in [6.07, 6.45) is 0.541. The van der Waals surface area contributed by atoms with E-state index in [1.54, 1.807) is 25.1 Å². The van der Waals surface area contributed by atoms with Gasteiger partial charge in [0.2, 0.25) is 0 Å². The van der Waals surface area contributed by atoms with Gasteiger partial charge in [-0.25, -0.2) is 8.42 Å². The summed E-state index contributed by atoms with van der Waals surface area (Å²) in [5.41, 5.74) is 1.28. The molecule has 0 aliphatic heterocycles. The molecule has 0 aliphatic carbocycles. The molecule has 1 rings (SSSR count). The van der Waals surface area contributed by atoms with Gasteiger partial charge in [0.15, 0.2) is 0 Å². The van der Waals surface area contributed by atoms with E-state index in [1.165, 1.54) is 7.11 Å². The highest BCUT2D eigenvalue weighted by Crippen LogP contribution is 2.25. The van der Waals surface area contributed by atoms with Crippen molar-refractivity contribution in [2.75, 3.05) is 30.5 Å². The van der Waals surface area contributed by atoms with Gasteiger partial charge in [-0.1, -0.05) is 6.92 Å². The Labute approximate surface area is 114 Å². The van der Waals surface area contributed by atoms with Crippen molar-refractivity contribution < 1.29 is 13.2 Å². The number of hydrogen-bond donors (Lipinski definition) is 1. The monoisotopic (exact) mass is 282 g/mol. The first-order valence-corrected chi connectivity index (χ1v) is 7.87. The van der Waals surface area contributed by atoms with Crippen molar-refractivity contribution in [1.82, 2.24) is 0 Å². The van der Waals surface area contributed by atoms with Crippen molar-refractivity contribution in [2.45, 2.75) is 13.3 Å². The van der Waals surface area contributed by atoms with Crippen molar-refractivity contribution >= 4 is 15.5 Å². The van der Waals surface area contributed by atoms with Crippen molar-refractivity contribution in [1.29, 1.82) is 5.26 Å². The average Bonchev–Trinajstić information content (AvgIpc) is 2.43. The summed E-state index contributed by atoms with van der Waals surface area (Å²) in [5, 5.41) is 11.9. The molecule has 0 unspecified atom stereocenters. The van der Waals surface area contributed by atoms with Gasteiger partial charge >= 0.3 is 0 Å². The molecule has 0 amide bonds. The van der Waals surface area contributed by atoms with Gasteiger partial charge in [0.25, 0.3) is 0 Å². The average molecular weight is 282 g/mol. The van der Waals surface area contributed by atoms with E-state index in [0.717, 1.165) is 5.69 Å². The fourth-order valence-corrected chi connectivity index (χ4v) is 2.44. The van der Waals surface area contributed by atoms with Crippen LogP contribution in [0.1, 0.15) is 18.9 Å². The summed E-state index contributed by atoms with van der Waals surface area (Å²) in [6.45, 7) is 2.19. The molecule has 6 heteroatoms. The van der Waals surface area contributed by atoms with Crippen LogP contribution in [0.15, 0.2) is 18.2 Å². The van der Waals surface area contributed by atoms with E-state index in [9.17, 15) is 8.42 Å². The van der Waals surface area contributed by atoms with Crippen LogP contribution in [0.5, 0.6) is 5.75 Å². The van der Waals surface area contributed by atoms with Crippen molar-refractivity contribution in [3.8, 4) is 11.8 Å². The first kappa shape index (κ1) is 15.3. The lowest BCUT2D eigenvalue weighted by Crippen LogP contribution is -2.13. The third-order valence-electron chi connectivity index (χ3n) is 2.72. The van der Waals surface area contributed by atoms with Gasteiger partial charge in [-0.3, -0.25) is 0 Å². The van der Waals surface area contributed by atoms with Crippen LogP contribution in [0.25, 0.3) is 0 Å². The molecule has 104 valence electrons.